The summed E-state index contributed by atoms with van der Waals surface area (Å²) < 4.78 is 11.2. The molecule has 6 heteroatoms. The third kappa shape index (κ3) is 6.23. The van der Waals surface area contributed by atoms with E-state index in [9.17, 15) is 0 Å². The van der Waals surface area contributed by atoms with Crippen LogP contribution in [0.25, 0.3) is 133 Å². The summed E-state index contributed by atoms with van der Waals surface area (Å²) in [5, 5.41) is 6.60. The van der Waals surface area contributed by atoms with E-state index < -0.39 is 0 Å². The summed E-state index contributed by atoms with van der Waals surface area (Å²) in [6, 6.07) is 83.2. The van der Waals surface area contributed by atoms with Gasteiger partial charge in [0.2, 0.25) is 5.95 Å². The van der Waals surface area contributed by atoms with Crippen molar-refractivity contribution in [2.45, 2.75) is 0 Å². The fourth-order valence-electron chi connectivity index (χ4n) is 10.5. The Balaban J connectivity index is 1.02. The molecule has 0 amide bonds. The molecule has 0 unspecified atom stereocenters. The molecule has 0 saturated carbocycles. The second kappa shape index (κ2) is 15.6. The molecule has 69 heavy (non-hydrogen) atoms. The summed E-state index contributed by atoms with van der Waals surface area (Å²) in [7, 11) is 0. The van der Waals surface area contributed by atoms with Crippen LogP contribution in [0.2, 0.25) is 0 Å². The number of aromatic nitrogens is 5. The monoisotopic (exact) mass is 881 g/mol. The molecule has 0 bridgehead atoms. The maximum atomic E-state index is 6.62. The van der Waals surface area contributed by atoms with Crippen molar-refractivity contribution in [3.05, 3.63) is 237 Å². The quantitative estimate of drug-likeness (QED) is 0.160. The Kier molecular flexibility index (Phi) is 8.79. The molecular weight excluding hydrogens is 843 g/mol. The number of hydrogen-bond donors (Lipinski definition) is 0. The molecule has 14 aromatic rings. The molecule has 14 rings (SSSR count). The summed E-state index contributed by atoms with van der Waals surface area (Å²) in [5.74, 6) is 1.66. The second-order valence-electron chi connectivity index (χ2n) is 17.5. The minimum atomic E-state index is 0.529. The van der Waals surface area contributed by atoms with Crippen LogP contribution in [-0.2, 0) is 0 Å². The number of fused-ring (bicyclic) bond motifs is 10. The fourth-order valence-corrected chi connectivity index (χ4v) is 10.5. The minimum Gasteiger partial charge on any atom is -0.456 e. The first kappa shape index (κ1) is 38.8. The lowest BCUT2D eigenvalue weighted by Gasteiger charge is -2.12. The largest absolute Gasteiger partial charge is 0.456 e. The molecule has 0 spiro atoms. The van der Waals surface area contributed by atoms with E-state index in [0.717, 1.165) is 93.8 Å². The van der Waals surface area contributed by atoms with Crippen LogP contribution in [0.3, 0.4) is 0 Å². The molecule has 0 fully saturated rings. The Bertz CT molecular complexity index is 4270. The summed E-state index contributed by atoms with van der Waals surface area (Å²) >= 11 is 0. The molecule has 0 N–H and O–H groups in total. The van der Waals surface area contributed by atoms with Crippen molar-refractivity contribution in [1.29, 1.82) is 0 Å². The van der Waals surface area contributed by atoms with Gasteiger partial charge in [0, 0.05) is 49.1 Å². The highest BCUT2D eigenvalue weighted by molar-refractivity contribution is 6.29. The number of nitrogens with zero attached hydrogens (tertiary/aromatic N) is 5. The zero-order valence-electron chi connectivity index (χ0n) is 37.2. The Hall–Kier alpha value is -9.39. The van der Waals surface area contributed by atoms with Gasteiger partial charge >= 0.3 is 0 Å². The first-order valence-corrected chi connectivity index (χ1v) is 23.3. The van der Waals surface area contributed by atoms with E-state index in [-0.39, 0.29) is 0 Å². The Morgan fingerprint density at radius 3 is 1.33 bits per heavy atom. The van der Waals surface area contributed by atoms with Gasteiger partial charge in [0.1, 0.15) is 11.2 Å². The van der Waals surface area contributed by atoms with Crippen molar-refractivity contribution in [2.24, 2.45) is 0 Å². The van der Waals surface area contributed by atoms with Gasteiger partial charge in [0.25, 0.3) is 0 Å². The molecule has 4 heterocycles. The molecule has 0 aliphatic heterocycles. The summed E-state index contributed by atoms with van der Waals surface area (Å²) in [6.07, 6.45) is 0. The molecule has 10 aromatic carbocycles. The van der Waals surface area contributed by atoms with Gasteiger partial charge in [0.05, 0.1) is 22.1 Å². The van der Waals surface area contributed by atoms with Gasteiger partial charge in [-0.2, -0.15) is 9.97 Å². The summed E-state index contributed by atoms with van der Waals surface area (Å²) in [4.78, 5) is 16.3. The average Bonchev–Trinajstić information content (AvgIpc) is 4.10. The third-order valence-corrected chi connectivity index (χ3v) is 13.6. The van der Waals surface area contributed by atoms with E-state index in [2.05, 4.69) is 215 Å². The number of rotatable bonds is 7. The topological polar surface area (TPSA) is 61.7 Å². The van der Waals surface area contributed by atoms with Crippen molar-refractivity contribution >= 4 is 65.6 Å². The van der Waals surface area contributed by atoms with E-state index in [4.69, 9.17) is 19.4 Å². The van der Waals surface area contributed by atoms with Crippen molar-refractivity contribution < 1.29 is 4.42 Å². The average molecular weight is 882 g/mol. The number of para-hydroxylation sites is 2. The Morgan fingerprint density at radius 1 is 0.275 bits per heavy atom. The molecule has 0 atom stereocenters. The van der Waals surface area contributed by atoms with E-state index in [1.807, 2.05) is 30.3 Å². The lowest BCUT2D eigenvalue weighted by molar-refractivity contribution is 0.669. The van der Waals surface area contributed by atoms with Crippen LogP contribution in [0.15, 0.2) is 241 Å². The maximum Gasteiger partial charge on any atom is 0.238 e. The molecule has 0 radical (unpaired) electrons. The second-order valence-corrected chi connectivity index (χ2v) is 17.5. The molecule has 0 saturated heterocycles. The predicted molar refractivity (Wildman–Crippen MR) is 283 cm³/mol. The molecule has 322 valence electrons. The lowest BCUT2D eigenvalue weighted by Crippen LogP contribution is -2.06. The molecule has 0 aliphatic rings. The van der Waals surface area contributed by atoms with Gasteiger partial charge in [-0.3, -0.25) is 4.57 Å². The van der Waals surface area contributed by atoms with E-state index >= 15 is 0 Å². The number of hydrogen-bond acceptors (Lipinski definition) is 4. The molecule has 4 aromatic heterocycles. The molecular formula is C63H39N5O. The molecule has 0 aliphatic carbocycles. The van der Waals surface area contributed by atoms with Crippen molar-refractivity contribution in [2.75, 3.05) is 0 Å². The zero-order chi connectivity index (χ0) is 45.4. The zero-order valence-corrected chi connectivity index (χ0v) is 37.2. The van der Waals surface area contributed by atoms with Gasteiger partial charge in [-0.05, 0) is 81.9 Å². The van der Waals surface area contributed by atoms with Crippen LogP contribution in [0.4, 0.5) is 0 Å². The highest BCUT2D eigenvalue weighted by Gasteiger charge is 2.24. The summed E-state index contributed by atoms with van der Waals surface area (Å²) in [6.45, 7) is 0. The molecule has 6 nitrogen and oxygen atoms in total. The highest BCUT2D eigenvalue weighted by Crippen LogP contribution is 2.44. The SMILES string of the molecule is c1ccc(-c2ccc(-c3nc(-c4cccc5oc6cccc(-c7ccccc7)c6c45)nc(-n4c5ccccc5c5c6c7ccccc7n(-c7ccc(-c8ccccc8)cc7)c6ccc54)n3)cc2)cc1. The third-order valence-electron chi connectivity index (χ3n) is 13.6. The van der Waals surface area contributed by atoms with Gasteiger partial charge < -0.3 is 8.98 Å². The first-order valence-electron chi connectivity index (χ1n) is 23.3. The van der Waals surface area contributed by atoms with Crippen LogP contribution < -0.4 is 0 Å². The van der Waals surface area contributed by atoms with Crippen LogP contribution in [0.1, 0.15) is 0 Å². The smallest absolute Gasteiger partial charge is 0.238 e. The van der Waals surface area contributed by atoms with E-state index in [0.29, 0.717) is 17.6 Å². The van der Waals surface area contributed by atoms with E-state index in [1.54, 1.807) is 0 Å². The Labute approximate surface area is 396 Å². The van der Waals surface area contributed by atoms with Crippen molar-refractivity contribution in [3.8, 4) is 67.8 Å². The fraction of sp³-hybridized carbons (Fsp3) is 0. The van der Waals surface area contributed by atoms with Crippen LogP contribution in [-0.4, -0.2) is 24.1 Å². The standard InChI is InChI=1S/C63H39N5O/c1-4-16-40(17-5-1)42-30-32-45(33-31-42)61-64-62(50-25-15-29-56-60(50)59-47(24-14-28-55(59)69-56)44-20-8-3-9-21-44)66-63(65-61)68-52-27-13-11-23-49(52)58-54(68)39-38-53-57(58)48-22-10-12-26-51(48)67(53)46-36-34-43(35-37-46)41-18-6-2-7-19-41/h1-39H. The normalized spacial score (nSPS) is 11.8. The maximum absolute atomic E-state index is 6.62. The van der Waals surface area contributed by atoms with Crippen molar-refractivity contribution in [1.82, 2.24) is 24.1 Å². The van der Waals surface area contributed by atoms with Gasteiger partial charge in [-0.25, -0.2) is 4.98 Å². The van der Waals surface area contributed by atoms with Gasteiger partial charge in [-0.15, -0.1) is 0 Å². The van der Waals surface area contributed by atoms with Gasteiger partial charge in [-0.1, -0.05) is 188 Å². The van der Waals surface area contributed by atoms with Crippen molar-refractivity contribution in [3.63, 3.8) is 0 Å². The van der Waals surface area contributed by atoms with E-state index in [1.165, 1.54) is 21.9 Å². The van der Waals surface area contributed by atoms with Crippen LogP contribution in [0.5, 0.6) is 0 Å². The first-order chi connectivity index (χ1) is 34.2. The van der Waals surface area contributed by atoms with Crippen LogP contribution >= 0.6 is 0 Å². The number of furan rings is 1. The highest BCUT2D eigenvalue weighted by atomic mass is 16.3. The van der Waals surface area contributed by atoms with Crippen LogP contribution in [0, 0.1) is 0 Å². The lowest BCUT2D eigenvalue weighted by atomic mass is 9.97. The Morgan fingerprint density at radius 2 is 0.725 bits per heavy atom. The van der Waals surface area contributed by atoms with Gasteiger partial charge in [0.15, 0.2) is 11.6 Å². The predicted octanol–water partition coefficient (Wildman–Crippen LogP) is 16.3. The summed E-state index contributed by atoms with van der Waals surface area (Å²) in [5.41, 5.74) is 15.6. The number of benzene rings is 10. The minimum absolute atomic E-state index is 0.529.